The van der Waals surface area contributed by atoms with Crippen LogP contribution in [0.25, 0.3) is 0 Å². The molecule has 0 atom stereocenters. The SMILES string of the molecule is Cc1nc(=O)c(O)c2n1CCN(C(C)C)C2=O. The normalized spacial score (nSPS) is 15.3. The minimum Gasteiger partial charge on any atom is -0.501 e. The smallest absolute Gasteiger partial charge is 0.315 e. The van der Waals surface area contributed by atoms with Gasteiger partial charge in [-0.25, -0.2) is 0 Å². The Morgan fingerprint density at radius 2 is 1.94 bits per heavy atom. The second kappa shape index (κ2) is 3.87. The van der Waals surface area contributed by atoms with Crippen LogP contribution in [0.5, 0.6) is 5.75 Å². The maximum Gasteiger partial charge on any atom is 0.315 e. The summed E-state index contributed by atoms with van der Waals surface area (Å²) >= 11 is 0. The monoisotopic (exact) mass is 237 g/mol. The topological polar surface area (TPSA) is 75.4 Å². The molecule has 1 aliphatic rings. The molecular formula is C11H15N3O3. The van der Waals surface area contributed by atoms with E-state index >= 15 is 0 Å². The van der Waals surface area contributed by atoms with Gasteiger partial charge in [0.1, 0.15) is 5.82 Å². The number of nitrogens with zero attached hydrogens (tertiary/aromatic N) is 3. The van der Waals surface area contributed by atoms with Crippen molar-refractivity contribution in [2.45, 2.75) is 33.4 Å². The minimum absolute atomic E-state index is 0.0409. The molecule has 6 heteroatoms. The summed E-state index contributed by atoms with van der Waals surface area (Å²) in [5.41, 5.74) is -0.685. The quantitative estimate of drug-likeness (QED) is 0.752. The van der Waals surface area contributed by atoms with E-state index in [-0.39, 0.29) is 17.6 Å². The average molecular weight is 237 g/mol. The Labute approximate surface area is 98.5 Å². The fourth-order valence-electron chi connectivity index (χ4n) is 2.08. The van der Waals surface area contributed by atoms with E-state index in [0.29, 0.717) is 18.9 Å². The Bertz CT molecular complexity index is 533. The molecule has 0 fully saturated rings. The number of aromatic hydroxyl groups is 1. The van der Waals surface area contributed by atoms with Crippen molar-refractivity contribution in [3.8, 4) is 5.75 Å². The maximum atomic E-state index is 12.2. The summed E-state index contributed by atoms with van der Waals surface area (Å²) < 4.78 is 1.60. The Morgan fingerprint density at radius 1 is 1.29 bits per heavy atom. The molecule has 0 unspecified atom stereocenters. The molecule has 0 aliphatic carbocycles. The Kier molecular flexibility index (Phi) is 2.65. The number of carbonyl (C=O) groups is 1. The zero-order chi connectivity index (χ0) is 12.7. The third-order valence-electron chi connectivity index (χ3n) is 3.00. The lowest BCUT2D eigenvalue weighted by Gasteiger charge is -2.33. The first-order chi connectivity index (χ1) is 7.93. The van der Waals surface area contributed by atoms with Gasteiger partial charge in [0.15, 0.2) is 5.69 Å². The van der Waals surface area contributed by atoms with Crippen LogP contribution >= 0.6 is 0 Å². The summed E-state index contributed by atoms with van der Waals surface area (Å²) in [5, 5.41) is 9.69. The summed E-state index contributed by atoms with van der Waals surface area (Å²) in [6, 6.07) is 0.0409. The predicted molar refractivity (Wildman–Crippen MR) is 61.1 cm³/mol. The molecule has 17 heavy (non-hydrogen) atoms. The van der Waals surface area contributed by atoms with Crippen LogP contribution in [0, 0.1) is 6.92 Å². The number of carbonyl (C=O) groups excluding carboxylic acids is 1. The van der Waals surface area contributed by atoms with E-state index in [9.17, 15) is 14.7 Å². The molecule has 92 valence electrons. The summed E-state index contributed by atoms with van der Waals surface area (Å²) in [7, 11) is 0. The van der Waals surface area contributed by atoms with E-state index < -0.39 is 11.3 Å². The van der Waals surface area contributed by atoms with E-state index in [0.717, 1.165) is 0 Å². The number of hydrogen-bond donors (Lipinski definition) is 1. The highest BCUT2D eigenvalue weighted by Crippen LogP contribution is 2.20. The second-order valence-corrected chi connectivity index (χ2v) is 4.41. The van der Waals surface area contributed by atoms with Crippen LogP contribution in [-0.2, 0) is 6.54 Å². The van der Waals surface area contributed by atoms with Gasteiger partial charge in [-0.1, -0.05) is 0 Å². The van der Waals surface area contributed by atoms with E-state index in [2.05, 4.69) is 4.98 Å². The highest BCUT2D eigenvalue weighted by molar-refractivity contribution is 5.95. The predicted octanol–water partition coefficient (Wildman–Crippen LogP) is 0.122. The Morgan fingerprint density at radius 3 is 2.53 bits per heavy atom. The minimum atomic E-state index is -0.743. The van der Waals surface area contributed by atoms with Crippen molar-refractivity contribution >= 4 is 5.91 Å². The van der Waals surface area contributed by atoms with Crippen LogP contribution in [-0.4, -0.2) is 38.1 Å². The first kappa shape index (κ1) is 11.6. The number of hydrogen-bond acceptors (Lipinski definition) is 4. The molecule has 1 aromatic heterocycles. The summed E-state index contributed by atoms with van der Waals surface area (Å²) in [6.45, 7) is 6.57. The van der Waals surface area contributed by atoms with Gasteiger partial charge in [0.25, 0.3) is 5.91 Å². The maximum absolute atomic E-state index is 12.2. The van der Waals surface area contributed by atoms with Crippen LogP contribution in [0.1, 0.15) is 30.2 Å². The second-order valence-electron chi connectivity index (χ2n) is 4.41. The van der Waals surface area contributed by atoms with Crippen LogP contribution in [0.15, 0.2) is 4.79 Å². The van der Waals surface area contributed by atoms with Crippen LogP contribution in [0.4, 0.5) is 0 Å². The lowest BCUT2D eigenvalue weighted by Crippen LogP contribution is -2.46. The number of rotatable bonds is 1. The van der Waals surface area contributed by atoms with Gasteiger partial charge in [0, 0.05) is 19.1 Å². The lowest BCUT2D eigenvalue weighted by atomic mass is 10.2. The zero-order valence-corrected chi connectivity index (χ0v) is 10.1. The number of amides is 1. The zero-order valence-electron chi connectivity index (χ0n) is 10.1. The van der Waals surface area contributed by atoms with Gasteiger partial charge in [-0.2, -0.15) is 4.98 Å². The average Bonchev–Trinajstić information content (AvgIpc) is 2.25. The molecule has 1 aromatic rings. The van der Waals surface area contributed by atoms with Gasteiger partial charge in [-0.15, -0.1) is 0 Å². The fourth-order valence-corrected chi connectivity index (χ4v) is 2.08. The highest BCUT2D eigenvalue weighted by atomic mass is 16.3. The highest BCUT2D eigenvalue weighted by Gasteiger charge is 2.31. The van der Waals surface area contributed by atoms with Crippen molar-refractivity contribution in [1.29, 1.82) is 0 Å². The molecule has 0 bridgehead atoms. The lowest BCUT2D eigenvalue weighted by molar-refractivity contribution is 0.0638. The van der Waals surface area contributed by atoms with E-state index in [1.807, 2.05) is 13.8 Å². The molecule has 2 rings (SSSR count). The molecule has 1 N–H and O–H groups in total. The van der Waals surface area contributed by atoms with E-state index in [4.69, 9.17) is 0 Å². The van der Waals surface area contributed by atoms with Gasteiger partial charge in [-0.3, -0.25) is 9.59 Å². The van der Waals surface area contributed by atoms with Crippen molar-refractivity contribution in [2.24, 2.45) is 0 Å². The standard InChI is InChI=1S/C11H15N3O3/c1-6(2)13-4-5-14-7(3)12-10(16)9(15)8(14)11(13)17/h6,15H,4-5H2,1-3H3. The molecule has 0 aromatic carbocycles. The van der Waals surface area contributed by atoms with Gasteiger partial charge in [0.2, 0.25) is 5.75 Å². The first-order valence-corrected chi connectivity index (χ1v) is 5.55. The van der Waals surface area contributed by atoms with Gasteiger partial charge >= 0.3 is 5.56 Å². The third kappa shape index (κ3) is 1.69. The largest absolute Gasteiger partial charge is 0.501 e. The molecule has 0 saturated carbocycles. The Hall–Kier alpha value is -1.85. The number of aromatic nitrogens is 2. The van der Waals surface area contributed by atoms with E-state index in [1.54, 1.807) is 16.4 Å². The van der Waals surface area contributed by atoms with Crippen molar-refractivity contribution in [1.82, 2.24) is 14.5 Å². The van der Waals surface area contributed by atoms with Gasteiger partial charge in [0.05, 0.1) is 0 Å². The van der Waals surface area contributed by atoms with Crippen molar-refractivity contribution < 1.29 is 9.90 Å². The van der Waals surface area contributed by atoms with Crippen molar-refractivity contribution in [3.63, 3.8) is 0 Å². The molecule has 1 amide bonds. The molecule has 0 saturated heterocycles. The van der Waals surface area contributed by atoms with Crippen molar-refractivity contribution in [3.05, 3.63) is 21.9 Å². The molecule has 6 nitrogen and oxygen atoms in total. The van der Waals surface area contributed by atoms with Gasteiger partial charge in [-0.05, 0) is 20.8 Å². The molecule has 0 radical (unpaired) electrons. The molecule has 2 heterocycles. The molecule has 0 spiro atoms. The summed E-state index contributed by atoms with van der Waals surface area (Å²) in [5.74, 6) is -0.406. The molecular weight excluding hydrogens is 222 g/mol. The summed E-state index contributed by atoms with van der Waals surface area (Å²) in [4.78, 5) is 28.9. The first-order valence-electron chi connectivity index (χ1n) is 5.55. The Balaban J connectivity index is 2.63. The van der Waals surface area contributed by atoms with Crippen molar-refractivity contribution in [2.75, 3.05) is 6.54 Å². The third-order valence-corrected chi connectivity index (χ3v) is 3.00. The van der Waals surface area contributed by atoms with Crippen LogP contribution < -0.4 is 5.56 Å². The van der Waals surface area contributed by atoms with Gasteiger partial charge < -0.3 is 14.6 Å². The van der Waals surface area contributed by atoms with Crippen LogP contribution in [0.2, 0.25) is 0 Å². The number of aryl methyl sites for hydroxylation is 1. The molecule has 1 aliphatic heterocycles. The fraction of sp³-hybridized carbons (Fsp3) is 0.545. The van der Waals surface area contributed by atoms with E-state index in [1.165, 1.54) is 0 Å². The number of fused-ring (bicyclic) bond motifs is 1. The summed E-state index contributed by atoms with van der Waals surface area (Å²) in [6.07, 6.45) is 0. The van der Waals surface area contributed by atoms with Crippen LogP contribution in [0.3, 0.4) is 0 Å².